The summed E-state index contributed by atoms with van der Waals surface area (Å²) in [6.45, 7) is 14.4. The highest BCUT2D eigenvalue weighted by Gasteiger charge is 2.32. The Hall–Kier alpha value is -0.120. The summed E-state index contributed by atoms with van der Waals surface area (Å²) in [7, 11) is 0. The zero-order valence-electron chi connectivity index (χ0n) is 13.9. The van der Waals surface area contributed by atoms with E-state index in [1.54, 1.807) is 0 Å². The predicted octanol–water partition coefficient (Wildman–Crippen LogP) is 2.57. The van der Waals surface area contributed by atoms with Crippen molar-refractivity contribution in [3.63, 3.8) is 0 Å². The van der Waals surface area contributed by atoms with Crippen LogP contribution in [0.3, 0.4) is 0 Å². The first-order valence-electron chi connectivity index (χ1n) is 8.98. The molecular formula is C17H35N3. The molecule has 0 aromatic carbocycles. The van der Waals surface area contributed by atoms with Crippen LogP contribution in [0, 0.1) is 5.92 Å². The fraction of sp³-hybridized carbons (Fsp3) is 1.00. The van der Waals surface area contributed by atoms with Crippen molar-refractivity contribution in [3.8, 4) is 0 Å². The molecule has 1 saturated carbocycles. The minimum atomic E-state index is 0.794. The first kappa shape index (κ1) is 16.3. The number of likely N-dealkylation sites (N-methyl/N-ethyl adjacent to an activating group) is 1. The van der Waals surface area contributed by atoms with E-state index in [2.05, 4.69) is 35.9 Å². The van der Waals surface area contributed by atoms with E-state index in [4.69, 9.17) is 0 Å². The summed E-state index contributed by atoms with van der Waals surface area (Å²) >= 11 is 0. The van der Waals surface area contributed by atoms with Crippen LogP contribution < -0.4 is 5.32 Å². The van der Waals surface area contributed by atoms with Gasteiger partial charge in [-0.1, -0.05) is 27.2 Å². The maximum absolute atomic E-state index is 3.77. The topological polar surface area (TPSA) is 18.5 Å². The summed E-state index contributed by atoms with van der Waals surface area (Å²) in [5, 5.41) is 3.77. The fourth-order valence-corrected chi connectivity index (χ4v) is 4.20. The highest BCUT2D eigenvalue weighted by Crippen LogP contribution is 2.28. The molecular weight excluding hydrogens is 246 g/mol. The van der Waals surface area contributed by atoms with Crippen LogP contribution in [0.5, 0.6) is 0 Å². The molecule has 2 aliphatic rings. The molecule has 20 heavy (non-hydrogen) atoms. The van der Waals surface area contributed by atoms with E-state index < -0.39 is 0 Å². The maximum atomic E-state index is 3.77. The Morgan fingerprint density at radius 3 is 2.60 bits per heavy atom. The third kappa shape index (κ3) is 4.19. The van der Waals surface area contributed by atoms with Crippen molar-refractivity contribution < 1.29 is 0 Å². The molecule has 0 spiro atoms. The zero-order chi connectivity index (χ0) is 14.4. The zero-order valence-corrected chi connectivity index (χ0v) is 13.9. The largest absolute Gasteiger partial charge is 0.314 e. The summed E-state index contributed by atoms with van der Waals surface area (Å²) in [6, 6.07) is 1.61. The van der Waals surface area contributed by atoms with Gasteiger partial charge in [-0.3, -0.25) is 4.90 Å². The molecule has 1 aliphatic heterocycles. The van der Waals surface area contributed by atoms with Gasteiger partial charge in [0.15, 0.2) is 0 Å². The van der Waals surface area contributed by atoms with Crippen molar-refractivity contribution in [2.24, 2.45) is 5.92 Å². The van der Waals surface area contributed by atoms with Gasteiger partial charge in [-0.25, -0.2) is 0 Å². The van der Waals surface area contributed by atoms with Crippen LogP contribution >= 0.6 is 0 Å². The molecule has 0 bridgehead atoms. The molecule has 1 saturated heterocycles. The van der Waals surface area contributed by atoms with Gasteiger partial charge in [-0.2, -0.15) is 0 Å². The highest BCUT2D eigenvalue weighted by molar-refractivity contribution is 4.89. The third-order valence-electron chi connectivity index (χ3n) is 5.38. The van der Waals surface area contributed by atoms with E-state index in [9.17, 15) is 0 Å². The standard InChI is InChI=1S/C17H35N3/c1-4-11-18-17-9-7-8-15(17)13-19-12-10-16(14-19)20(5-2)6-3/h15-18H,4-14H2,1-3H3. The van der Waals surface area contributed by atoms with Crippen molar-refractivity contribution in [2.75, 3.05) is 39.3 Å². The molecule has 0 amide bonds. The third-order valence-corrected chi connectivity index (χ3v) is 5.38. The van der Waals surface area contributed by atoms with Gasteiger partial charge in [0, 0.05) is 25.2 Å². The van der Waals surface area contributed by atoms with Crippen molar-refractivity contribution in [3.05, 3.63) is 0 Å². The number of likely N-dealkylation sites (tertiary alicyclic amines) is 1. The molecule has 2 fully saturated rings. The number of hydrogen-bond acceptors (Lipinski definition) is 3. The number of rotatable bonds is 8. The number of nitrogens with zero attached hydrogens (tertiary/aromatic N) is 2. The number of hydrogen-bond donors (Lipinski definition) is 1. The molecule has 3 atom stereocenters. The monoisotopic (exact) mass is 281 g/mol. The Kier molecular flexibility index (Phi) is 6.79. The minimum Gasteiger partial charge on any atom is -0.314 e. The van der Waals surface area contributed by atoms with Gasteiger partial charge in [0.05, 0.1) is 0 Å². The van der Waals surface area contributed by atoms with E-state index in [0.29, 0.717) is 0 Å². The lowest BCUT2D eigenvalue weighted by Crippen LogP contribution is -2.41. The quantitative estimate of drug-likeness (QED) is 0.738. The maximum Gasteiger partial charge on any atom is 0.0235 e. The highest BCUT2D eigenvalue weighted by atomic mass is 15.2. The molecule has 0 aromatic heterocycles. The normalized spacial score (nSPS) is 31.5. The van der Waals surface area contributed by atoms with E-state index in [1.165, 1.54) is 71.4 Å². The average Bonchev–Trinajstić information content (AvgIpc) is 3.08. The van der Waals surface area contributed by atoms with E-state index in [0.717, 1.165) is 18.0 Å². The second-order valence-electron chi connectivity index (χ2n) is 6.67. The van der Waals surface area contributed by atoms with Crippen LogP contribution in [0.4, 0.5) is 0 Å². The predicted molar refractivity (Wildman–Crippen MR) is 87.2 cm³/mol. The van der Waals surface area contributed by atoms with Gasteiger partial charge >= 0.3 is 0 Å². The second kappa shape index (κ2) is 8.35. The van der Waals surface area contributed by atoms with Gasteiger partial charge in [0.2, 0.25) is 0 Å². The second-order valence-corrected chi connectivity index (χ2v) is 6.67. The minimum absolute atomic E-state index is 0.794. The van der Waals surface area contributed by atoms with Crippen LogP contribution in [-0.4, -0.2) is 61.2 Å². The Bertz CT molecular complexity index is 265. The summed E-state index contributed by atoms with van der Waals surface area (Å²) in [6.07, 6.45) is 6.91. The molecule has 1 aliphatic carbocycles. The summed E-state index contributed by atoms with van der Waals surface area (Å²) in [5.74, 6) is 0.900. The van der Waals surface area contributed by atoms with Crippen molar-refractivity contribution >= 4 is 0 Å². The van der Waals surface area contributed by atoms with Crippen LogP contribution in [0.2, 0.25) is 0 Å². The molecule has 3 heteroatoms. The molecule has 2 rings (SSSR count). The molecule has 1 heterocycles. The Balaban J connectivity index is 1.76. The summed E-state index contributed by atoms with van der Waals surface area (Å²) in [4.78, 5) is 5.38. The van der Waals surface area contributed by atoms with Gasteiger partial charge < -0.3 is 10.2 Å². The van der Waals surface area contributed by atoms with Gasteiger partial charge in [0.25, 0.3) is 0 Å². The Labute approximate surface area is 126 Å². The molecule has 118 valence electrons. The molecule has 0 aromatic rings. The molecule has 3 unspecified atom stereocenters. The van der Waals surface area contributed by atoms with Gasteiger partial charge in [-0.15, -0.1) is 0 Å². The lowest BCUT2D eigenvalue weighted by atomic mass is 10.0. The number of nitrogens with one attached hydrogen (secondary N) is 1. The summed E-state index contributed by atoms with van der Waals surface area (Å²) < 4.78 is 0. The average molecular weight is 281 g/mol. The lowest BCUT2D eigenvalue weighted by molar-refractivity contribution is 0.196. The SMILES string of the molecule is CCCNC1CCCC1CN1CCC(N(CC)CC)C1. The first-order chi connectivity index (χ1) is 9.78. The van der Waals surface area contributed by atoms with Crippen LogP contribution in [0.25, 0.3) is 0 Å². The molecule has 0 radical (unpaired) electrons. The van der Waals surface area contributed by atoms with Crippen LogP contribution in [0.15, 0.2) is 0 Å². The fourth-order valence-electron chi connectivity index (χ4n) is 4.20. The van der Waals surface area contributed by atoms with Gasteiger partial charge in [0.1, 0.15) is 0 Å². The Morgan fingerprint density at radius 1 is 1.10 bits per heavy atom. The van der Waals surface area contributed by atoms with Crippen LogP contribution in [-0.2, 0) is 0 Å². The molecule has 3 nitrogen and oxygen atoms in total. The van der Waals surface area contributed by atoms with Gasteiger partial charge in [-0.05, 0) is 57.8 Å². The summed E-state index contributed by atoms with van der Waals surface area (Å²) in [5.41, 5.74) is 0. The Morgan fingerprint density at radius 2 is 1.90 bits per heavy atom. The van der Waals surface area contributed by atoms with Crippen LogP contribution in [0.1, 0.15) is 52.9 Å². The van der Waals surface area contributed by atoms with E-state index in [-0.39, 0.29) is 0 Å². The first-order valence-corrected chi connectivity index (χ1v) is 8.98. The van der Waals surface area contributed by atoms with Crippen molar-refractivity contribution in [1.82, 2.24) is 15.1 Å². The smallest absolute Gasteiger partial charge is 0.0235 e. The van der Waals surface area contributed by atoms with Crippen molar-refractivity contribution in [2.45, 2.75) is 65.0 Å². The lowest BCUT2D eigenvalue weighted by Gasteiger charge is -2.28. The van der Waals surface area contributed by atoms with E-state index >= 15 is 0 Å². The molecule has 1 N–H and O–H groups in total. The van der Waals surface area contributed by atoms with Crippen molar-refractivity contribution in [1.29, 1.82) is 0 Å². The van der Waals surface area contributed by atoms with E-state index in [1.807, 2.05) is 0 Å².